The molecule has 1 atom stereocenters. The summed E-state index contributed by atoms with van der Waals surface area (Å²) in [5.74, 6) is 0. The first-order chi connectivity index (χ1) is 7.20. The van der Waals surface area contributed by atoms with Gasteiger partial charge in [0.1, 0.15) is 11.1 Å². The lowest BCUT2D eigenvalue weighted by atomic mass is 10.2. The zero-order valence-electron chi connectivity index (χ0n) is 8.71. The fraction of sp³-hybridized carbons (Fsp3) is 0.400. The van der Waals surface area contributed by atoms with Crippen LogP contribution in [0.5, 0.6) is 0 Å². The summed E-state index contributed by atoms with van der Waals surface area (Å²) in [6.07, 6.45) is 2.88. The number of hydrogen-bond donors (Lipinski definition) is 1. The van der Waals surface area contributed by atoms with Crippen molar-refractivity contribution in [2.45, 2.75) is 26.5 Å². The fourth-order valence-electron chi connectivity index (χ4n) is 1.33. The van der Waals surface area contributed by atoms with E-state index in [9.17, 15) is 5.11 Å². The molecule has 0 fully saturated rings. The Balaban J connectivity index is 2.23. The molecule has 0 spiro atoms. The summed E-state index contributed by atoms with van der Waals surface area (Å²) < 4.78 is 1.79. The van der Waals surface area contributed by atoms with Crippen LogP contribution in [0.1, 0.15) is 29.3 Å². The molecule has 0 bridgehead atoms. The maximum atomic E-state index is 10.0. The standard InChI is InChI=1S/C10H13N3OS/c1-3-13-5-8(4-11-13)9(14)10-12-7(2)6-15-10/h4-6,9,14H,3H2,1-2H3. The van der Waals surface area contributed by atoms with Gasteiger partial charge in [-0.1, -0.05) is 0 Å². The molecule has 0 radical (unpaired) electrons. The van der Waals surface area contributed by atoms with Crippen molar-refractivity contribution in [3.8, 4) is 0 Å². The molecule has 0 aliphatic carbocycles. The first-order valence-electron chi connectivity index (χ1n) is 4.83. The van der Waals surface area contributed by atoms with Crippen molar-refractivity contribution >= 4 is 11.3 Å². The van der Waals surface area contributed by atoms with Crippen molar-refractivity contribution in [3.63, 3.8) is 0 Å². The van der Waals surface area contributed by atoms with Crippen LogP contribution in [-0.2, 0) is 6.54 Å². The quantitative estimate of drug-likeness (QED) is 0.862. The maximum absolute atomic E-state index is 10.0. The highest BCUT2D eigenvalue weighted by Crippen LogP contribution is 2.24. The molecular formula is C10H13N3OS. The Kier molecular flexibility index (Phi) is 2.83. The van der Waals surface area contributed by atoms with Gasteiger partial charge in [0.05, 0.1) is 6.20 Å². The molecule has 4 nitrogen and oxygen atoms in total. The van der Waals surface area contributed by atoms with Crippen LogP contribution in [0.25, 0.3) is 0 Å². The summed E-state index contributed by atoms with van der Waals surface area (Å²) in [4.78, 5) is 4.25. The number of aryl methyl sites for hydroxylation is 2. The molecule has 2 heterocycles. The summed E-state index contributed by atoms with van der Waals surface area (Å²) >= 11 is 1.47. The molecule has 0 amide bonds. The Bertz CT molecular complexity index is 449. The summed E-state index contributed by atoms with van der Waals surface area (Å²) in [5, 5.41) is 16.8. The lowest BCUT2D eigenvalue weighted by Crippen LogP contribution is -1.98. The number of thiazole rings is 1. The van der Waals surface area contributed by atoms with Crippen molar-refractivity contribution in [2.75, 3.05) is 0 Å². The molecule has 5 heteroatoms. The van der Waals surface area contributed by atoms with Crippen molar-refractivity contribution < 1.29 is 5.11 Å². The Labute approximate surface area is 92.2 Å². The first-order valence-corrected chi connectivity index (χ1v) is 5.71. The van der Waals surface area contributed by atoms with E-state index in [0.29, 0.717) is 0 Å². The first kappa shape index (κ1) is 10.3. The van der Waals surface area contributed by atoms with Gasteiger partial charge in [-0.2, -0.15) is 5.10 Å². The molecule has 1 N–H and O–H groups in total. The summed E-state index contributed by atoms with van der Waals surface area (Å²) in [5.41, 5.74) is 1.74. The van der Waals surface area contributed by atoms with E-state index >= 15 is 0 Å². The van der Waals surface area contributed by atoms with Gasteiger partial charge in [0, 0.05) is 29.4 Å². The number of rotatable bonds is 3. The number of nitrogens with zero attached hydrogens (tertiary/aromatic N) is 3. The lowest BCUT2D eigenvalue weighted by Gasteiger charge is -2.03. The second-order valence-electron chi connectivity index (χ2n) is 3.36. The predicted octanol–water partition coefficient (Wildman–Crippen LogP) is 1.75. The molecule has 0 saturated heterocycles. The molecule has 2 rings (SSSR count). The average molecular weight is 223 g/mol. The minimum absolute atomic E-state index is 0.649. The number of aromatic nitrogens is 3. The van der Waals surface area contributed by atoms with Crippen molar-refractivity contribution in [2.24, 2.45) is 0 Å². The molecule has 0 aliphatic heterocycles. The molecular weight excluding hydrogens is 210 g/mol. The van der Waals surface area contributed by atoms with Gasteiger partial charge in [-0.3, -0.25) is 4.68 Å². The van der Waals surface area contributed by atoms with E-state index in [1.807, 2.05) is 25.4 Å². The molecule has 0 aromatic carbocycles. The highest BCUT2D eigenvalue weighted by atomic mass is 32.1. The molecule has 2 aromatic heterocycles. The van der Waals surface area contributed by atoms with Crippen LogP contribution in [0.4, 0.5) is 0 Å². The minimum atomic E-state index is -0.649. The van der Waals surface area contributed by atoms with Crippen LogP contribution >= 0.6 is 11.3 Å². The highest BCUT2D eigenvalue weighted by molar-refractivity contribution is 7.09. The predicted molar refractivity (Wildman–Crippen MR) is 58.8 cm³/mol. The third-order valence-corrected chi connectivity index (χ3v) is 3.18. The van der Waals surface area contributed by atoms with Gasteiger partial charge in [-0.25, -0.2) is 4.98 Å². The van der Waals surface area contributed by atoms with Gasteiger partial charge in [-0.05, 0) is 13.8 Å². The molecule has 0 saturated carbocycles. The SMILES string of the molecule is CCn1cc(C(O)c2nc(C)cs2)cn1. The zero-order chi connectivity index (χ0) is 10.8. The fourth-order valence-corrected chi connectivity index (χ4v) is 2.14. The molecule has 0 aliphatic rings. The molecule has 1 unspecified atom stereocenters. The van der Waals surface area contributed by atoms with Crippen LogP contribution < -0.4 is 0 Å². The van der Waals surface area contributed by atoms with Gasteiger partial charge in [0.15, 0.2) is 0 Å². The normalized spacial score (nSPS) is 13.0. The van der Waals surface area contributed by atoms with E-state index in [-0.39, 0.29) is 0 Å². The second kappa shape index (κ2) is 4.12. The van der Waals surface area contributed by atoms with Crippen LogP contribution in [0, 0.1) is 6.92 Å². The summed E-state index contributed by atoms with van der Waals surface area (Å²) in [7, 11) is 0. The van der Waals surface area contributed by atoms with Gasteiger partial charge in [-0.15, -0.1) is 11.3 Å². The van der Waals surface area contributed by atoms with Crippen molar-refractivity contribution in [3.05, 3.63) is 34.0 Å². The van der Waals surface area contributed by atoms with E-state index in [4.69, 9.17) is 0 Å². The third kappa shape index (κ3) is 2.08. The monoisotopic (exact) mass is 223 g/mol. The Hall–Kier alpha value is -1.20. The number of aliphatic hydroxyl groups excluding tert-OH is 1. The second-order valence-corrected chi connectivity index (χ2v) is 4.25. The van der Waals surface area contributed by atoms with Gasteiger partial charge >= 0.3 is 0 Å². The Morgan fingerprint density at radius 1 is 1.60 bits per heavy atom. The average Bonchev–Trinajstić information content (AvgIpc) is 2.84. The van der Waals surface area contributed by atoms with Crippen LogP contribution in [0.2, 0.25) is 0 Å². The largest absolute Gasteiger partial charge is 0.381 e. The lowest BCUT2D eigenvalue weighted by molar-refractivity contribution is 0.219. The minimum Gasteiger partial charge on any atom is -0.381 e. The van der Waals surface area contributed by atoms with Crippen LogP contribution in [0.3, 0.4) is 0 Å². The van der Waals surface area contributed by atoms with Gasteiger partial charge in [0.25, 0.3) is 0 Å². The van der Waals surface area contributed by atoms with E-state index < -0.39 is 6.10 Å². The van der Waals surface area contributed by atoms with Gasteiger partial charge < -0.3 is 5.11 Å². The van der Waals surface area contributed by atoms with Crippen molar-refractivity contribution in [1.82, 2.24) is 14.8 Å². The van der Waals surface area contributed by atoms with Gasteiger partial charge in [0.2, 0.25) is 0 Å². The van der Waals surface area contributed by atoms with E-state index in [1.54, 1.807) is 10.9 Å². The highest BCUT2D eigenvalue weighted by Gasteiger charge is 2.15. The molecule has 2 aromatic rings. The van der Waals surface area contributed by atoms with Crippen molar-refractivity contribution in [1.29, 1.82) is 0 Å². The topological polar surface area (TPSA) is 50.9 Å². The zero-order valence-corrected chi connectivity index (χ0v) is 9.53. The third-order valence-electron chi connectivity index (χ3n) is 2.16. The van der Waals surface area contributed by atoms with E-state index in [1.165, 1.54) is 11.3 Å². The van der Waals surface area contributed by atoms with E-state index in [0.717, 1.165) is 22.8 Å². The molecule has 15 heavy (non-hydrogen) atoms. The maximum Gasteiger partial charge on any atom is 0.134 e. The molecule has 80 valence electrons. The summed E-state index contributed by atoms with van der Waals surface area (Å²) in [6.45, 7) is 4.74. The van der Waals surface area contributed by atoms with E-state index in [2.05, 4.69) is 10.1 Å². The Morgan fingerprint density at radius 3 is 2.93 bits per heavy atom. The summed E-state index contributed by atoms with van der Waals surface area (Å²) in [6, 6.07) is 0. The Morgan fingerprint density at radius 2 is 2.40 bits per heavy atom. The van der Waals surface area contributed by atoms with Crippen LogP contribution in [0.15, 0.2) is 17.8 Å². The van der Waals surface area contributed by atoms with Crippen LogP contribution in [-0.4, -0.2) is 19.9 Å². The smallest absolute Gasteiger partial charge is 0.134 e. The number of hydrogen-bond acceptors (Lipinski definition) is 4. The number of aliphatic hydroxyl groups is 1.